The molecule has 1 aliphatic heterocycles. The number of likely N-dealkylation sites (tertiary alicyclic amines) is 1. The van der Waals surface area contributed by atoms with Gasteiger partial charge in [0, 0.05) is 33.6 Å². The number of aromatic hydroxyl groups is 1. The second-order valence-corrected chi connectivity index (χ2v) is 11.5. The van der Waals surface area contributed by atoms with Gasteiger partial charge < -0.3 is 9.84 Å². The van der Waals surface area contributed by atoms with Gasteiger partial charge >= 0.3 is 0 Å². The lowest BCUT2D eigenvalue weighted by Gasteiger charge is -2.42. The molecule has 1 fully saturated rings. The second kappa shape index (κ2) is 8.92. The number of hydrogen-bond donors (Lipinski definition) is 1. The molecular weight excluding hydrogens is 558 g/mol. The maximum atomic E-state index is 13.8. The van der Waals surface area contributed by atoms with Crippen molar-refractivity contribution in [2.45, 2.75) is 25.3 Å². The number of amides is 2. The molecule has 9 heteroatoms. The molecule has 2 heterocycles. The predicted molar refractivity (Wildman–Crippen MR) is 139 cm³/mol. The minimum Gasteiger partial charge on any atom is -0.507 e. The van der Waals surface area contributed by atoms with Crippen LogP contribution in [-0.2, 0) is 25.7 Å². The molecule has 4 aliphatic rings. The molecule has 0 saturated carbocycles. The number of phenols is 1. The number of fused-ring (bicyclic) bond motifs is 3. The van der Waals surface area contributed by atoms with Gasteiger partial charge in [-0.15, -0.1) is 11.3 Å². The summed E-state index contributed by atoms with van der Waals surface area (Å²) in [5.41, 5.74) is 1.76. The van der Waals surface area contributed by atoms with E-state index in [1.54, 1.807) is 12.1 Å². The zero-order chi connectivity index (χ0) is 26.0. The van der Waals surface area contributed by atoms with Crippen molar-refractivity contribution < 1.29 is 29.0 Å². The zero-order valence-corrected chi connectivity index (χ0v) is 22.2. The van der Waals surface area contributed by atoms with Crippen molar-refractivity contribution in [3.05, 3.63) is 79.5 Å². The normalized spacial score (nSPS) is 27.0. The van der Waals surface area contributed by atoms with Crippen LogP contribution in [0.25, 0.3) is 0 Å². The Hall–Kier alpha value is -3.30. The fraction of sp³-hybridized carbons (Fsp3) is 0.286. The van der Waals surface area contributed by atoms with Gasteiger partial charge in [0.05, 0.1) is 30.0 Å². The molecule has 37 heavy (non-hydrogen) atoms. The van der Waals surface area contributed by atoms with Crippen molar-refractivity contribution in [1.82, 2.24) is 4.90 Å². The molecule has 6 rings (SSSR count). The Labute approximate surface area is 225 Å². The van der Waals surface area contributed by atoms with Gasteiger partial charge in [0.2, 0.25) is 11.8 Å². The van der Waals surface area contributed by atoms with E-state index in [1.165, 1.54) is 35.5 Å². The number of Topliss-reactive ketones (excluding diaryl/α,β-unsaturated/α-hetero) is 1. The molecule has 0 spiro atoms. The lowest BCUT2D eigenvalue weighted by molar-refractivity contribution is -0.140. The lowest BCUT2D eigenvalue weighted by atomic mass is 9.59. The SMILES string of the molecule is COc1cccc(O)c1[C@H]1C2=CC[C@@H]3C(=O)N(Cc4cccs4)C(=O)[C@@H]3[C@@H]2CC2=C1C(=O)C=C(Br)C2=O. The van der Waals surface area contributed by atoms with Gasteiger partial charge in [0.15, 0.2) is 11.6 Å². The van der Waals surface area contributed by atoms with Gasteiger partial charge in [-0.1, -0.05) is 23.8 Å². The molecule has 2 amide bonds. The smallest absolute Gasteiger partial charge is 0.234 e. The van der Waals surface area contributed by atoms with Crippen LogP contribution in [0, 0.1) is 17.8 Å². The number of thiophene rings is 1. The van der Waals surface area contributed by atoms with E-state index in [0.717, 1.165) is 10.5 Å². The summed E-state index contributed by atoms with van der Waals surface area (Å²) < 4.78 is 5.72. The first-order chi connectivity index (χ1) is 17.8. The predicted octanol–water partition coefficient (Wildman–Crippen LogP) is 4.42. The summed E-state index contributed by atoms with van der Waals surface area (Å²) >= 11 is 4.71. The van der Waals surface area contributed by atoms with Crippen LogP contribution in [0.2, 0.25) is 0 Å². The maximum Gasteiger partial charge on any atom is 0.234 e. The number of hydrogen-bond acceptors (Lipinski definition) is 7. The van der Waals surface area contributed by atoms with Crippen molar-refractivity contribution in [2.75, 3.05) is 7.11 Å². The van der Waals surface area contributed by atoms with Gasteiger partial charge in [0.1, 0.15) is 11.5 Å². The van der Waals surface area contributed by atoms with E-state index < -0.39 is 23.7 Å². The van der Waals surface area contributed by atoms with Crippen molar-refractivity contribution >= 4 is 50.6 Å². The summed E-state index contributed by atoms with van der Waals surface area (Å²) in [5, 5.41) is 12.9. The van der Waals surface area contributed by atoms with Crippen LogP contribution in [0.3, 0.4) is 0 Å². The van der Waals surface area contributed by atoms with Crippen molar-refractivity contribution in [2.24, 2.45) is 17.8 Å². The van der Waals surface area contributed by atoms with Crippen LogP contribution in [0.5, 0.6) is 11.5 Å². The minimum atomic E-state index is -0.770. The summed E-state index contributed by atoms with van der Waals surface area (Å²) in [5.74, 6) is -3.20. The van der Waals surface area contributed by atoms with Gasteiger partial charge in [-0.3, -0.25) is 24.1 Å². The summed E-state index contributed by atoms with van der Waals surface area (Å²) in [4.78, 5) is 56.0. The number of ketones is 2. The lowest BCUT2D eigenvalue weighted by Crippen LogP contribution is -2.39. The monoisotopic (exact) mass is 579 g/mol. The number of allylic oxidation sites excluding steroid dienone is 6. The number of ether oxygens (including phenoxy) is 1. The van der Waals surface area contributed by atoms with E-state index in [-0.39, 0.29) is 46.6 Å². The van der Waals surface area contributed by atoms with E-state index in [0.29, 0.717) is 28.9 Å². The third kappa shape index (κ3) is 3.59. The first-order valence-electron chi connectivity index (χ1n) is 11.9. The number of halogens is 1. The van der Waals surface area contributed by atoms with Crippen LogP contribution in [0.1, 0.15) is 29.2 Å². The summed E-state index contributed by atoms with van der Waals surface area (Å²) in [7, 11) is 1.48. The molecule has 188 valence electrons. The highest BCUT2D eigenvalue weighted by Crippen LogP contribution is 2.57. The van der Waals surface area contributed by atoms with Crippen molar-refractivity contribution in [3.8, 4) is 11.5 Å². The molecular formula is C28H22BrNO6S. The number of carbonyl (C=O) groups excluding carboxylic acids is 4. The number of benzene rings is 1. The van der Waals surface area contributed by atoms with Crippen molar-refractivity contribution in [3.63, 3.8) is 0 Å². The largest absolute Gasteiger partial charge is 0.507 e. The maximum absolute atomic E-state index is 13.8. The number of methoxy groups -OCH3 is 1. The van der Waals surface area contributed by atoms with Crippen LogP contribution in [-0.4, -0.2) is 40.5 Å². The molecule has 1 aromatic carbocycles. The number of carbonyl (C=O) groups is 4. The van der Waals surface area contributed by atoms with Crippen LogP contribution in [0.15, 0.2) is 69.1 Å². The van der Waals surface area contributed by atoms with Crippen LogP contribution in [0.4, 0.5) is 0 Å². The number of rotatable bonds is 4. The molecule has 7 nitrogen and oxygen atoms in total. The Morgan fingerprint density at radius 1 is 1.11 bits per heavy atom. The Bertz CT molecular complexity index is 1470. The van der Waals surface area contributed by atoms with E-state index in [1.807, 2.05) is 23.6 Å². The highest BCUT2D eigenvalue weighted by atomic mass is 79.9. The average Bonchev–Trinajstić information content (AvgIpc) is 3.49. The number of imide groups is 1. The second-order valence-electron chi connectivity index (χ2n) is 9.63. The molecule has 1 N–H and O–H groups in total. The first kappa shape index (κ1) is 24.1. The fourth-order valence-corrected chi connectivity index (χ4v) is 7.46. The van der Waals surface area contributed by atoms with Gasteiger partial charge in [-0.25, -0.2) is 0 Å². The van der Waals surface area contributed by atoms with Gasteiger partial charge in [-0.05, 0) is 58.3 Å². The molecule has 3 aliphatic carbocycles. The standard InChI is InChI=1S/C28H22BrNO6S/c1-36-21-6-2-5-19(31)25(21)24-14-7-8-15-22(28(35)30(27(15)34)12-13-4-3-9-37-13)16(14)10-17-23(24)20(32)11-18(29)26(17)33/h2-7,9,11,15-16,22,24,31H,8,10,12H2,1H3/t15-,16+,22-,24-/m0/s1. The minimum absolute atomic E-state index is 0.0677. The molecule has 0 bridgehead atoms. The number of nitrogens with zero attached hydrogens (tertiary/aromatic N) is 1. The van der Waals surface area contributed by atoms with Gasteiger partial charge in [-0.2, -0.15) is 0 Å². The van der Waals surface area contributed by atoms with Crippen molar-refractivity contribution in [1.29, 1.82) is 0 Å². The summed E-state index contributed by atoms with van der Waals surface area (Å²) in [6.07, 6.45) is 3.71. The first-order valence-corrected chi connectivity index (χ1v) is 13.6. The van der Waals surface area contributed by atoms with E-state index >= 15 is 0 Å². The average molecular weight is 580 g/mol. The Kier molecular flexibility index (Phi) is 5.80. The highest BCUT2D eigenvalue weighted by molar-refractivity contribution is 9.12. The molecule has 0 unspecified atom stereocenters. The Morgan fingerprint density at radius 2 is 1.92 bits per heavy atom. The fourth-order valence-electron chi connectivity index (χ4n) is 6.32. The quantitative estimate of drug-likeness (QED) is 0.327. The summed E-state index contributed by atoms with van der Waals surface area (Å²) in [6.45, 7) is 0.223. The van der Waals surface area contributed by atoms with E-state index in [4.69, 9.17) is 4.74 Å². The van der Waals surface area contributed by atoms with Gasteiger partial charge in [0.25, 0.3) is 0 Å². The summed E-state index contributed by atoms with van der Waals surface area (Å²) in [6, 6.07) is 8.63. The van der Waals surface area contributed by atoms with Crippen LogP contribution >= 0.6 is 27.3 Å². The molecule has 1 saturated heterocycles. The molecule has 0 radical (unpaired) electrons. The topological polar surface area (TPSA) is 101 Å². The van der Waals surface area contributed by atoms with E-state index in [2.05, 4.69) is 15.9 Å². The zero-order valence-electron chi connectivity index (χ0n) is 19.8. The molecule has 4 atom stereocenters. The third-order valence-corrected chi connectivity index (χ3v) is 9.32. The molecule has 2 aromatic rings. The Balaban J connectivity index is 1.50. The van der Waals surface area contributed by atoms with E-state index in [9.17, 15) is 24.3 Å². The highest BCUT2D eigenvalue weighted by Gasteiger charge is 2.56. The Morgan fingerprint density at radius 3 is 2.65 bits per heavy atom. The third-order valence-electron chi connectivity index (χ3n) is 7.87. The molecule has 1 aromatic heterocycles. The number of phenolic OH excluding ortho intramolecular Hbond substituents is 1. The van der Waals surface area contributed by atoms with Crippen LogP contribution < -0.4 is 4.74 Å².